The Morgan fingerprint density at radius 3 is 2.88 bits per heavy atom. The van der Waals surface area contributed by atoms with E-state index in [1.54, 1.807) is 18.3 Å². The average Bonchev–Trinajstić information content (AvgIpc) is 2.63. The highest BCUT2D eigenvalue weighted by Gasteiger charge is 2.15. The van der Waals surface area contributed by atoms with E-state index in [0.29, 0.717) is 16.5 Å². The van der Waals surface area contributed by atoms with E-state index >= 15 is 0 Å². The molecule has 2 rings (SSSR count). The maximum Gasteiger partial charge on any atom is 0.320 e. The number of hydrogen-bond donors (Lipinski definition) is 3. The molecule has 17 heavy (non-hydrogen) atoms. The minimum absolute atomic E-state index is 0. The Balaban J connectivity index is 0.00000144. The first-order chi connectivity index (χ1) is 7.59. The summed E-state index contributed by atoms with van der Waals surface area (Å²) in [6.07, 6.45) is 1.77. The van der Waals surface area contributed by atoms with Crippen molar-refractivity contribution in [1.29, 1.82) is 0 Å². The van der Waals surface area contributed by atoms with Gasteiger partial charge in [0.05, 0.1) is 5.52 Å². The quantitative estimate of drug-likeness (QED) is 0.784. The molecule has 0 fully saturated rings. The fraction of sp³-hybridized carbons (Fsp3) is 0.182. The zero-order valence-corrected chi connectivity index (χ0v) is 9.63. The van der Waals surface area contributed by atoms with Gasteiger partial charge in [0, 0.05) is 18.0 Å². The van der Waals surface area contributed by atoms with Crippen LogP contribution in [0, 0.1) is 5.82 Å². The van der Waals surface area contributed by atoms with Crippen molar-refractivity contribution >= 4 is 29.3 Å². The van der Waals surface area contributed by atoms with Crippen molar-refractivity contribution in [3.63, 3.8) is 0 Å². The van der Waals surface area contributed by atoms with Gasteiger partial charge in [0.1, 0.15) is 11.9 Å². The molecular weight excluding hydrogens is 247 g/mol. The number of H-pyrrole nitrogens is 1. The van der Waals surface area contributed by atoms with Gasteiger partial charge in [-0.1, -0.05) is 12.1 Å². The highest BCUT2D eigenvalue weighted by Crippen LogP contribution is 2.21. The van der Waals surface area contributed by atoms with E-state index in [-0.39, 0.29) is 24.6 Å². The lowest BCUT2D eigenvalue weighted by molar-refractivity contribution is -0.138. The molecule has 0 unspecified atom stereocenters. The third kappa shape index (κ3) is 2.57. The van der Waals surface area contributed by atoms with Crippen LogP contribution in [0.15, 0.2) is 24.4 Å². The standard InChI is InChI=1S/C11H11FN2O2.ClH/c12-8-3-1-2-7-6(5-14-10(7)8)4-9(13)11(15)16;/h1-3,5,9,14H,4,13H2,(H,15,16);1H/t9-;/m0./s1. The molecular formula is C11H12ClFN2O2. The van der Waals surface area contributed by atoms with Gasteiger partial charge in [-0.2, -0.15) is 0 Å². The van der Waals surface area contributed by atoms with Gasteiger partial charge >= 0.3 is 5.97 Å². The second kappa shape index (κ2) is 5.16. The molecule has 1 aromatic carbocycles. The number of aromatic nitrogens is 1. The number of para-hydroxylation sites is 1. The number of aromatic amines is 1. The van der Waals surface area contributed by atoms with Crippen molar-refractivity contribution in [1.82, 2.24) is 4.98 Å². The number of nitrogens with two attached hydrogens (primary N) is 1. The molecule has 0 aliphatic rings. The predicted molar refractivity (Wildman–Crippen MR) is 64.8 cm³/mol. The third-order valence-electron chi connectivity index (χ3n) is 2.51. The van der Waals surface area contributed by atoms with Crippen molar-refractivity contribution in [2.45, 2.75) is 12.5 Å². The zero-order chi connectivity index (χ0) is 11.7. The minimum Gasteiger partial charge on any atom is -0.480 e. The van der Waals surface area contributed by atoms with Gasteiger partial charge in [0.15, 0.2) is 0 Å². The van der Waals surface area contributed by atoms with Crippen LogP contribution < -0.4 is 5.73 Å². The number of carboxylic acid groups (broad SMARTS) is 1. The largest absolute Gasteiger partial charge is 0.480 e. The van der Waals surface area contributed by atoms with Gasteiger partial charge in [0.25, 0.3) is 0 Å². The van der Waals surface area contributed by atoms with E-state index in [1.807, 2.05) is 0 Å². The van der Waals surface area contributed by atoms with E-state index in [4.69, 9.17) is 10.8 Å². The van der Waals surface area contributed by atoms with Gasteiger partial charge in [-0.15, -0.1) is 12.4 Å². The molecule has 4 nitrogen and oxygen atoms in total. The summed E-state index contributed by atoms with van der Waals surface area (Å²) in [6.45, 7) is 0. The number of benzene rings is 1. The first-order valence-electron chi connectivity index (χ1n) is 4.82. The maximum atomic E-state index is 13.3. The fourth-order valence-electron chi connectivity index (χ4n) is 1.67. The molecule has 0 aliphatic heterocycles. The fourth-order valence-corrected chi connectivity index (χ4v) is 1.67. The van der Waals surface area contributed by atoms with Crippen LogP contribution in [-0.2, 0) is 11.2 Å². The Kier molecular flexibility index (Phi) is 4.09. The first-order valence-corrected chi connectivity index (χ1v) is 4.82. The summed E-state index contributed by atoms with van der Waals surface area (Å²) >= 11 is 0. The monoisotopic (exact) mass is 258 g/mol. The Morgan fingerprint density at radius 1 is 1.53 bits per heavy atom. The number of fused-ring (bicyclic) bond motifs is 1. The predicted octanol–water partition coefficient (Wildman–Crippen LogP) is 1.68. The van der Waals surface area contributed by atoms with E-state index < -0.39 is 12.0 Å². The summed E-state index contributed by atoms with van der Waals surface area (Å²) in [5.74, 6) is -1.42. The number of nitrogens with one attached hydrogen (secondary N) is 1. The summed E-state index contributed by atoms with van der Waals surface area (Å²) in [7, 11) is 0. The van der Waals surface area contributed by atoms with E-state index in [1.165, 1.54) is 6.07 Å². The lowest BCUT2D eigenvalue weighted by atomic mass is 10.1. The number of rotatable bonds is 3. The van der Waals surface area contributed by atoms with Crippen LogP contribution in [0.4, 0.5) is 4.39 Å². The first kappa shape index (κ1) is 13.5. The number of halogens is 2. The summed E-state index contributed by atoms with van der Waals surface area (Å²) in [4.78, 5) is 13.4. The molecule has 2 aromatic rings. The lowest BCUT2D eigenvalue weighted by Gasteiger charge is -2.04. The van der Waals surface area contributed by atoms with Crippen molar-refractivity contribution in [3.8, 4) is 0 Å². The summed E-state index contributed by atoms with van der Waals surface area (Å²) in [5, 5.41) is 9.38. The topological polar surface area (TPSA) is 79.1 Å². The van der Waals surface area contributed by atoms with Crippen LogP contribution in [-0.4, -0.2) is 22.1 Å². The molecule has 0 spiro atoms. The molecule has 0 amide bonds. The van der Waals surface area contributed by atoms with Crippen LogP contribution in [0.5, 0.6) is 0 Å². The number of carboxylic acids is 1. The third-order valence-corrected chi connectivity index (χ3v) is 2.51. The molecule has 0 saturated carbocycles. The van der Waals surface area contributed by atoms with Crippen LogP contribution in [0.25, 0.3) is 10.9 Å². The highest BCUT2D eigenvalue weighted by molar-refractivity contribution is 5.85. The van der Waals surface area contributed by atoms with Crippen molar-refractivity contribution in [3.05, 3.63) is 35.8 Å². The Hall–Kier alpha value is -1.59. The van der Waals surface area contributed by atoms with Crippen molar-refractivity contribution < 1.29 is 14.3 Å². The molecule has 0 radical (unpaired) electrons. The molecule has 0 bridgehead atoms. The summed E-state index contributed by atoms with van der Waals surface area (Å²) in [6, 6.07) is 3.70. The average molecular weight is 259 g/mol. The molecule has 6 heteroatoms. The minimum atomic E-state index is -1.06. The molecule has 1 atom stereocenters. The number of hydrogen-bond acceptors (Lipinski definition) is 2. The van der Waals surface area contributed by atoms with Crippen LogP contribution >= 0.6 is 12.4 Å². The highest BCUT2D eigenvalue weighted by atomic mass is 35.5. The second-order valence-electron chi connectivity index (χ2n) is 3.63. The molecule has 0 aliphatic carbocycles. The van der Waals surface area contributed by atoms with Gasteiger partial charge < -0.3 is 15.8 Å². The SMILES string of the molecule is Cl.N[C@@H](Cc1c[nH]c2c(F)cccc12)C(=O)O. The number of aliphatic carboxylic acids is 1. The normalized spacial score (nSPS) is 12.1. The van der Waals surface area contributed by atoms with E-state index in [9.17, 15) is 9.18 Å². The van der Waals surface area contributed by atoms with Crippen molar-refractivity contribution in [2.24, 2.45) is 5.73 Å². The second-order valence-corrected chi connectivity index (χ2v) is 3.63. The Labute approximate surface area is 103 Å². The van der Waals surface area contributed by atoms with Crippen LogP contribution in [0.3, 0.4) is 0 Å². The molecule has 92 valence electrons. The van der Waals surface area contributed by atoms with Crippen LogP contribution in [0.1, 0.15) is 5.56 Å². The Morgan fingerprint density at radius 2 is 2.24 bits per heavy atom. The maximum absolute atomic E-state index is 13.3. The van der Waals surface area contributed by atoms with Crippen LogP contribution in [0.2, 0.25) is 0 Å². The summed E-state index contributed by atoms with van der Waals surface area (Å²) < 4.78 is 13.3. The van der Waals surface area contributed by atoms with E-state index in [2.05, 4.69) is 4.98 Å². The zero-order valence-electron chi connectivity index (χ0n) is 8.81. The lowest BCUT2D eigenvalue weighted by Crippen LogP contribution is -2.32. The molecule has 0 saturated heterocycles. The van der Waals surface area contributed by atoms with Gasteiger partial charge in [0.2, 0.25) is 0 Å². The Bertz CT molecular complexity index is 541. The smallest absolute Gasteiger partial charge is 0.320 e. The number of carbonyl (C=O) groups is 1. The molecule has 1 heterocycles. The van der Waals surface area contributed by atoms with Gasteiger partial charge in [-0.05, 0) is 11.6 Å². The molecule has 1 aromatic heterocycles. The van der Waals surface area contributed by atoms with Gasteiger partial charge in [-0.3, -0.25) is 4.79 Å². The van der Waals surface area contributed by atoms with Crippen molar-refractivity contribution in [2.75, 3.05) is 0 Å². The summed E-state index contributed by atoms with van der Waals surface area (Å²) in [5.41, 5.74) is 6.53. The molecule has 4 N–H and O–H groups in total. The van der Waals surface area contributed by atoms with Gasteiger partial charge in [-0.25, -0.2) is 4.39 Å². The van der Waals surface area contributed by atoms with E-state index in [0.717, 1.165) is 0 Å².